The Morgan fingerprint density at radius 3 is 2.62 bits per heavy atom. The average Bonchev–Trinajstić information content (AvgIpc) is 2.25. The van der Waals surface area contributed by atoms with Gasteiger partial charge in [-0.2, -0.15) is 0 Å². The number of aliphatic hydroxyl groups excluding tert-OH is 1. The van der Waals surface area contributed by atoms with Gasteiger partial charge in [0.1, 0.15) is 5.82 Å². The highest BCUT2D eigenvalue weighted by Gasteiger charge is 2.10. The van der Waals surface area contributed by atoms with Crippen LogP contribution in [-0.4, -0.2) is 29.6 Å². The molecule has 1 unspecified atom stereocenters. The number of hydrogen-bond acceptors (Lipinski definition) is 2. The fourth-order valence-corrected chi connectivity index (χ4v) is 1.46. The highest BCUT2D eigenvalue weighted by molar-refractivity contribution is 5.18. The molecule has 1 aromatic rings. The number of nitrogens with zero attached hydrogens (tertiary/aromatic N) is 1. The van der Waals surface area contributed by atoms with Crippen molar-refractivity contribution >= 4 is 0 Å². The number of rotatable bonds is 5. The van der Waals surface area contributed by atoms with Crippen molar-refractivity contribution in [1.82, 2.24) is 4.90 Å². The monoisotopic (exact) mass is 225 g/mol. The van der Waals surface area contributed by atoms with E-state index in [4.69, 9.17) is 0 Å². The molecule has 16 heavy (non-hydrogen) atoms. The lowest BCUT2D eigenvalue weighted by atomic mass is 10.1. The lowest BCUT2D eigenvalue weighted by Gasteiger charge is -2.22. The molecule has 90 valence electrons. The molecule has 3 heteroatoms. The Morgan fingerprint density at radius 1 is 1.38 bits per heavy atom. The van der Waals surface area contributed by atoms with Gasteiger partial charge in [0.15, 0.2) is 0 Å². The molecule has 0 spiro atoms. The summed E-state index contributed by atoms with van der Waals surface area (Å²) in [7, 11) is 2.02. The third-order valence-electron chi connectivity index (χ3n) is 2.87. The second-order valence-electron chi connectivity index (χ2n) is 4.43. The maximum Gasteiger partial charge on any atom is 0.123 e. The SMILES string of the molecule is CC(C)N(C)CCC(O)c1cccc(F)c1. The zero-order valence-corrected chi connectivity index (χ0v) is 10.2. The van der Waals surface area contributed by atoms with Crippen molar-refractivity contribution in [3.63, 3.8) is 0 Å². The van der Waals surface area contributed by atoms with Crippen LogP contribution in [0.5, 0.6) is 0 Å². The standard InChI is InChI=1S/C13H20FNO/c1-10(2)15(3)8-7-13(16)11-5-4-6-12(14)9-11/h4-6,9-10,13,16H,7-8H2,1-3H3. The maximum absolute atomic E-state index is 12.9. The van der Waals surface area contributed by atoms with Gasteiger partial charge in [0, 0.05) is 12.6 Å². The summed E-state index contributed by atoms with van der Waals surface area (Å²) in [6.07, 6.45) is 0.0369. The quantitative estimate of drug-likeness (QED) is 0.832. The molecule has 1 atom stereocenters. The van der Waals surface area contributed by atoms with Gasteiger partial charge in [0.2, 0.25) is 0 Å². The van der Waals surface area contributed by atoms with Crippen molar-refractivity contribution in [2.45, 2.75) is 32.4 Å². The van der Waals surface area contributed by atoms with Crippen LogP contribution >= 0.6 is 0 Å². The van der Waals surface area contributed by atoms with Gasteiger partial charge in [-0.05, 0) is 45.0 Å². The normalized spacial score (nSPS) is 13.4. The van der Waals surface area contributed by atoms with E-state index < -0.39 is 6.10 Å². The zero-order chi connectivity index (χ0) is 12.1. The maximum atomic E-state index is 12.9. The van der Waals surface area contributed by atoms with Gasteiger partial charge < -0.3 is 10.0 Å². The minimum absolute atomic E-state index is 0.297. The van der Waals surface area contributed by atoms with E-state index in [-0.39, 0.29) is 5.82 Å². The summed E-state index contributed by atoms with van der Waals surface area (Å²) in [5, 5.41) is 9.88. The molecule has 1 N–H and O–H groups in total. The van der Waals surface area contributed by atoms with Gasteiger partial charge in [-0.25, -0.2) is 4.39 Å². The number of aliphatic hydroxyl groups is 1. The Hall–Kier alpha value is -0.930. The first kappa shape index (κ1) is 13.1. The van der Waals surface area contributed by atoms with Crippen LogP contribution in [0.1, 0.15) is 31.9 Å². The van der Waals surface area contributed by atoms with Gasteiger partial charge in [-0.1, -0.05) is 12.1 Å². The molecule has 0 fully saturated rings. The Morgan fingerprint density at radius 2 is 2.06 bits per heavy atom. The minimum Gasteiger partial charge on any atom is -0.388 e. The van der Waals surface area contributed by atoms with E-state index in [1.165, 1.54) is 12.1 Å². The fraction of sp³-hybridized carbons (Fsp3) is 0.538. The van der Waals surface area contributed by atoms with Crippen molar-refractivity contribution < 1.29 is 9.50 Å². The van der Waals surface area contributed by atoms with E-state index in [0.717, 1.165) is 6.54 Å². The second kappa shape index (κ2) is 5.97. The number of hydrogen-bond donors (Lipinski definition) is 1. The van der Waals surface area contributed by atoms with E-state index >= 15 is 0 Å². The van der Waals surface area contributed by atoms with Crippen molar-refractivity contribution in [2.24, 2.45) is 0 Å². The van der Waals surface area contributed by atoms with Crippen LogP contribution in [-0.2, 0) is 0 Å². The lowest BCUT2D eigenvalue weighted by molar-refractivity contribution is 0.141. The molecule has 1 rings (SSSR count). The smallest absolute Gasteiger partial charge is 0.123 e. The van der Waals surface area contributed by atoms with Crippen molar-refractivity contribution in [1.29, 1.82) is 0 Å². The van der Waals surface area contributed by atoms with E-state index in [1.807, 2.05) is 7.05 Å². The molecule has 0 aliphatic heterocycles. The van der Waals surface area contributed by atoms with Gasteiger partial charge in [0.25, 0.3) is 0 Å². The molecule has 2 nitrogen and oxygen atoms in total. The fourth-order valence-electron chi connectivity index (χ4n) is 1.46. The van der Waals surface area contributed by atoms with Crippen LogP contribution in [0.25, 0.3) is 0 Å². The Bertz CT molecular complexity index is 327. The van der Waals surface area contributed by atoms with Gasteiger partial charge in [-0.15, -0.1) is 0 Å². The van der Waals surface area contributed by atoms with Crippen molar-refractivity contribution in [3.05, 3.63) is 35.6 Å². The summed E-state index contributed by atoms with van der Waals surface area (Å²) in [5.41, 5.74) is 0.650. The summed E-state index contributed by atoms with van der Waals surface area (Å²) in [5.74, 6) is -0.297. The molecular formula is C13H20FNO. The highest BCUT2D eigenvalue weighted by atomic mass is 19.1. The van der Waals surface area contributed by atoms with Gasteiger partial charge >= 0.3 is 0 Å². The summed E-state index contributed by atoms with van der Waals surface area (Å²) in [4.78, 5) is 2.16. The third kappa shape index (κ3) is 3.91. The first-order valence-corrected chi connectivity index (χ1v) is 5.64. The Labute approximate surface area is 96.7 Å². The van der Waals surface area contributed by atoms with Crippen LogP contribution in [0.3, 0.4) is 0 Å². The highest BCUT2D eigenvalue weighted by Crippen LogP contribution is 2.17. The van der Waals surface area contributed by atoms with Crippen LogP contribution in [0.2, 0.25) is 0 Å². The van der Waals surface area contributed by atoms with E-state index in [9.17, 15) is 9.50 Å². The predicted molar refractivity (Wildman–Crippen MR) is 63.7 cm³/mol. The molecule has 0 aliphatic rings. The molecule has 0 saturated heterocycles. The summed E-state index contributed by atoms with van der Waals surface area (Å²) in [6, 6.07) is 6.61. The van der Waals surface area contributed by atoms with Crippen LogP contribution in [0.15, 0.2) is 24.3 Å². The number of benzene rings is 1. The van der Waals surface area contributed by atoms with Crippen molar-refractivity contribution in [3.8, 4) is 0 Å². The largest absolute Gasteiger partial charge is 0.388 e. The minimum atomic E-state index is -0.586. The molecule has 0 amide bonds. The molecule has 0 aromatic heterocycles. The van der Waals surface area contributed by atoms with Crippen LogP contribution in [0, 0.1) is 5.82 Å². The molecule has 0 bridgehead atoms. The van der Waals surface area contributed by atoms with E-state index in [0.29, 0.717) is 18.0 Å². The Kier molecular flexibility index (Phi) is 4.90. The van der Waals surface area contributed by atoms with Crippen LogP contribution < -0.4 is 0 Å². The lowest BCUT2D eigenvalue weighted by Crippen LogP contribution is -2.28. The van der Waals surface area contributed by atoms with Gasteiger partial charge in [0.05, 0.1) is 6.10 Å². The van der Waals surface area contributed by atoms with Gasteiger partial charge in [-0.3, -0.25) is 0 Å². The average molecular weight is 225 g/mol. The summed E-state index contributed by atoms with van der Waals surface area (Å²) in [6.45, 7) is 5.01. The number of halogens is 1. The Balaban J connectivity index is 2.49. The molecule has 1 aromatic carbocycles. The van der Waals surface area contributed by atoms with Crippen LogP contribution in [0.4, 0.5) is 4.39 Å². The third-order valence-corrected chi connectivity index (χ3v) is 2.87. The van der Waals surface area contributed by atoms with E-state index in [2.05, 4.69) is 18.7 Å². The first-order valence-electron chi connectivity index (χ1n) is 5.64. The predicted octanol–water partition coefficient (Wildman–Crippen LogP) is 2.59. The first-order chi connectivity index (χ1) is 7.50. The molecule has 0 radical (unpaired) electrons. The molecular weight excluding hydrogens is 205 g/mol. The molecule has 0 aliphatic carbocycles. The van der Waals surface area contributed by atoms with Crippen molar-refractivity contribution in [2.75, 3.05) is 13.6 Å². The second-order valence-corrected chi connectivity index (χ2v) is 4.43. The summed E-state index contributed by atoms with van der Waals surface area (Å²) < 4.78 is 12.9. The topological polar surface area (TPSA) is 23.5 Å². The summed E-state index contributed by atoms with van der Waals surface area (Å²) >= 11 is 0. The molecule has 0 saturated carbocycles. The zero-order valence-electron chi connectivity index (χ0n) is 10.2. The molecule has 0 heterocycles. The van der Waals surface area contributed by atoms with E-state index in [1.54, 1.807) is 12.1 Å².